The minimum atomic E-state index is 0. The molecule has 0 unspecified atom stereocenters. The van der Waals surface area contributed by atoms with E-state index in [9.17, 15) is 21.0 Å². The molecule has 0 fully saturated rings. The van der Waals surface area contributed by atoms with Crippen LogP contribution in [0.15, 0.2) is 101 Å². The van der Waals surface area contributed by atoms with Crippen molar-refractivity contribution < 1.29 is 59.1 Å². The van der Waals surface area contributed by atoms with Gasteiger partial charge < -0.3 is 28.3 Å². The van der Waals surface area contributed by atoms with Crippen molar-refractivity contribution in [3.8, 4) is 46.5 Å². The number of benzene rings is 3. The second kappa shape index (κ2) is 20.8. The fraction of sp³-hybridized carbons (Fsp3) is 0.111. The van der Waals surface area contributed by atoms with Crippen molar-refractivity contribution in [3.05, 3.63) is 118 Å². The predicted molar refractivity (Wildman–Crippen MR) is 194 cm³/mol. The van der Waals surface area contributed by atoms with Gasteiger partial charge in [0.15, 0.2) is 0 Å². The van der Waals surface area contributed by atoms with Crippen LogP contribution in [-0.4, -0.2) is 38.2 Å². The van der Waals surface area contributed by atoms with Gasteiger partial charge in [0.1, 0.15) is 56.7 Å². The van der Waals surface area contributed by atoms with Gasteiger partial charge in [-0.3, -0.25) is 0 Å². The van der Waals surface area contributed by atoms with Gasteiger partial charge in [-0.2, -0.15) is 21.0 Å². The van der Waals surface area contributed by atoms with Crippen LogP contribution in [0.1, 0.15) is 22.3 Å². The summed E-state index contributed by atoms with van der Waals surface area (Å²) in [6.07, 6.45) is 0. The van der Waals surface area contributed by atoms with Crippen LogP contribution < -0.4 is 68.9 Å². The third kappa shape index (κ3) is 10.2. The van der Waals surface area contributed by atoms with Crippen LogP contribution in [0.2, 0.25) is 0 Å². The molecule has 0 aliphatic heterocycles. The van der Waals surface area contributed by atoms with Crippen molar-refractivity contribution in [2.24, 2.45) is 0 Å². The first-order valence-electron chi connectivity index (χ1n) is 13.9. The first kappa shape index (κ1) is 43.5. The molecule has 13 heteroatoms. The second-order valence-corrected chi connectivity index (χ2v) is 11.6. The molecule has 2 aromatic heterocycles. The Kier molecular flexibility index (Phi) is 18.5. The predicted octanol–water partition coefficient (Wildman–Crippen LogP) is 1.67. The van der Waals surface area contributed by atoms with Crippen LogP contribution in [-0.2, 0) is 13.5 Å². The zero-order chi connectivity index (χ0) is 33.2. The third-order valence-corrected chi connectivity index (χ3v) is 8.04. The molecule has 0 atom stereocenters. The van der Waals surface area contributed by atoms with E-state index in [1.54, 1.807) is 9.80 Å². The minimum absolute atomic E-state index is 0. The summed E-state index contributed by atoms with van der Waals surface area (Å²) < 4.78 is 0.342. The Hall–Kier alpha value is -3.56. The SMILES string of the molecule is CN(C)c1[nH]c(=S)c(C#N)c(-c2ccccc2)c1C#N.CN(C)c1nc(Sc2ccccc2)c(C#N)c(-c2ccccc2)c1C#N.[Na+].[Na+].[SH-]. The molecule has 0 spiro atoms. The van der Waals surface area contributed by atoms with Gasteiger partial charge in [0.25, 0.3) is 0 Å². The fourth-order valence-electron chi connectivity index (χ4n) is 4.69. The number of aromatic nitrogens is 2. The Labute approximate surface area is 348 Å². The van der Waals surface area contributed by atoms with Gasteiger partial charge in [0.05, 0.1) is 11.1 Å². The number of hydrogen-bond acceptors (Lipinski definition) is 10. The summed E-state index contributed by atoms with van der Waals surface area (Å²) in [6, 6.07) is 37.5. The van der Waals surface area contributed by atoms with Crippen LogP contribution >= 0.6 is 24.0 Å². The van der Waals surface area contributed by atoms with Gasteiger partial charge in [0, 0.05) is 44.2 Å². The van der Waals surface area contributed by atoms with E-state index in [-0.39, 0.29) is 72.6 Å². The fourth-order valence-corrected chi connectivity index (χ4v) is 5.83. The van der Waals surface area contributed by atoms with Crippen LogP contribution in [0.3, 0.4) is 0 Å². The normalized spacial score (nSPS) is 9.22. The summed E-state index contributed by atoms with van der Waals surface area (Å²) in [7, 11) is 7.34. The van der Waals surface area contributed by atoms with Crippen LogP contribution in [0, 0.1) is 50.0 Å². The van der Waals surface area contributed by atoms with Crippen molar-refractivity contribution in [2.45, 2.75) is 9.92 Å². The second-order valence-electron chi connectivity index (χ2n) is 10.2. The zero-order valence-corrected chi connectivity index (χ0v) is 34.6. The first-order valence-corrected chi connectivity index (χ1v) is 15.1. The number of hydrogen-bond donors (Lipinski definition) is 1. The maximum Gasteiger partial charge on any atom is 1.00 e. The number of pyridine rings is 2. The zero-order valence-electron chi connectivity index (χ0n) is 28.1. The van der Waals surface area contributed by atoms with Crippen molar-refractivity contribution in [1.29, 1.82) is 21.0 Å². The molecule has 5 rings (SSSR count). The molecule has 5 aromatic rings. The van der Waals surface area contributed by atoms with E-state index >= 15 is 0 Å². The Bertz CT molecular complexity index is 2100. The maximum absolute atomic E-state index is 9.86. The Morgan fingerprint density at radius 3 is 1.45 bits per heavy atom. The Morgan fingerprint density at radius 2 is 1.04 bits per heavy atom. The van der Waals surface area contributed by atoms with Crippen molar-refractivity contribution in [2.75, 3.05) is 38.0 Å². The standard InChI is InChI=1S/C21H16N4S.C15H12N4S.2Na.H2S/c1-25(2)20-17(13-22)19(15-9-5-3-6-10-15)18(14-23)21(24-20)26-16-11-7-4-8-12-16;1-19(2)14-11(8-16)13(10-6-4-3-5-7-10)12(9-17)15(20)18-14;;;/h3-12H,1-2H3;3-7H,1-2H3,(H,18,20);;;1H2/q;;2*+1;/p-1. The first-order chi connectivity index (χ1) is 22.2. The molecule has 49 heavy (non-hydrogen) atoms. The molecule has 8 nitrogen and oxygen atoms in total. The van der Waals surface area contributed by atoms with Gasteiger partial charge in [-0.15, -0.1) is 0 Å². The van der Waals surface area contributed by atoms with Gasteiger partial charge in [0.2, 0.25) is 0 Å². The van der Waals surface area contributed by atoms with E-state index in [0.717, 1.165) is 16.0 Å². The van der Waals surface area contributed by atoms with Gasteiger partial charge in [-0.05, 0) is 23.3 Å². The van der Waals surface area contributed by atoms with E-state index in [2.05, 4.69) is 34.2 Å². The summed E-state index contributed by atoms with van der Waals surface area (Å²) in [5, 5.41) is 39.1. The number of H-pyrrole nitrogens is 1. The summed E-state index contributed by atoms with van der Waals surface area (Å²) in [5.74, 6) is 1.17. The number of aromatic amines is 1. The molecule has 0 saturated heterocycles. The molecule has 0 saturated carbocycles. The number of anilines is 2. The molecular weight excluding hydrogens is 687 g/mol. The molecule has 232 valence electrons. The molecule has 0 radical (unpaired) electrons. The number of nitrogens with one attached hydrogen (secondary N) is 1. The van der Waals surface area contributed by atoms with Crippen LogP contribution in [0.25, 0.3) is 22.3 Å². The van der Waals surface area contributed by atoms with E-state index in [4.69, 9.17) is 12.2 Å². The van der Waals surface area contributed by atoms with E-state index in [1.807, 2.05) is 119 Å². The van der Waals surface area contributed by atoms with Crippen LogP contribution in [0.4, 0.5) is 11.6 Å². The Balaban J connectivity index is 0.000000476. The maximum atomic E-state index is 9.86. The monoisotopic (exact) mass is 715 g/mol. The Morgan fingerprint density at radius 1 is 0.612 bits per heavy atom. The van der Waals surface area contributed by atoms with Gasteiger partial charge >= 0.3 is 59.1 Å². The molecule has 0 bridgehead atoms. The van der Waals surface area contributed by atoms with Crippen molar-refractivity contribution >= 4 is 49.1 Å². The van der Waals surface area contributed by atoms with E-state index < -0.39 is 0 Å². The molecule has 2 heterocycles. The molecule has 0 aliphatic carbocycles. The molecule has 0 amide bonds. The van der Waals surface area contributed by atoms with Crippen molar-refractivity contribution in [1.82, 2.24) is 9.97 Å². The number of rotatable bonds is 6. The quantitative estimate of drug-likeness (QED) is 0.120. The number of nitriles is 4. The molecule has 0 aliphatic rings. The van der Waals surface area contributed by atoms with Crippen molar-refractivity contribution in [3.63, 3.8) is 0 Å². The molecular formula is C36H29N8Na2S3+. The summed E-state index contributed by atoms with van der Waals surface area (Å²) in [5.41, 5.74) is 4.45. The third-order valence-electron chi connectivity index (χ3n) is 6.74. The topological polar surface area (TPSA) is 130 Å². The van der Waals surface area contributed by atoms with E-state index in [0.29, 0.717) is 54.7 Å². The average Bonchev–Trinajstić information content (AvgIpc) is 3.08. The number of nitrogens with zero attached hydrogens (tertiary/aromatic N) is 7. The summed E-state index contributed by atoms with van der Waals surface area (Å²) in [4.78, 5) is 12.2. The smallest absolute Gasteiger partial charge is 0.813 e. The average molecular weight is 716 g/mol. The molecule has 3 aromatic carbocycles. The van der Waals surface area contributed by atoms with Gasteiger partial charge in [-0.1, -0.05) is 103 Å². The largest absolute Gasteiger partial charge is 1.00 e. The van der Waals surface area contributed by atoms with E-state index in [1.165, 1.54) is 11.8 Å². The van der Waals surface area contributed by atoms with Gasteiger partial charge in [-0.25, -0.2) is 4.98 Å². The summed E-state index contributed by atoms with van der Waals surface area (Å²) >= 11 is 6.67. The van der Waals surface area contributed by atoms with Crippen LogP contribution in [0.5, 0.6) is 0 Å². The summed E-state index contributed by atoms with van der Waals surface area (Å²) in [6.45, 7) is 0. The number of thiol groups is 1. The molecule has 1 N–H and O–H groups in total. The minimum Gasteiger partial charge on any atom is -0.813 e.